The molecule has 3 N–H and O–H groups in total. The van der Waals surface area contributed by atoms with Gasteiger partial charge in [-0.25, -0.2) is 0 Å². The van der Waals surface area contributed by atoms with Gasteiger partial charge in [0.1, 0.15) is 0 Å². The van der Waals surface area contributed by atoms with Gasteiger partial charge in [-0.15, -0.1) is 0 Å². The minimum Gasteiger partial charge on any atom is -0.393 e. The Kier molecular flexibility index (Phi) is 14.2. The summed E-state index contributed by atoms with van der Waals surface area (Å²) < 4.78 is 0. The minimum atomic E-state index is -0.363. The van der Waals surface area contributed by atoms with Gasteiger partial charge >= 0.3 is 0 Å². The topological polar surface area (TPSA) is 77.8 Å². The summed E-state index contributed by atoms with van der Waals surface area (Å²) >= 11 is 0. The number of carbonyl (C=O) groups excluding carboxylic acids is 1. The van der Waals surface area contributed by atoms with Crippen LogP contribution < -0.4 is 0 Å². The van der Waals surface area contributed by atoms with E-state index < -0.39 is 0 Å². The molecule has 240 valence electrons. The van der Waals surface area contributed by atoms with E-state index in [1.807, 2.05) is 50.3 Å². The van der Waals surface area contributed by atoms with Crippen molar-refractivity contribution in [2.45, 2.75) is 100 Å². The first-order valence-corrected chi connectivity index (χ1v) is 15.9. The number of aliphatic hydroxyl groups excluding tert-OH is 3. The van der Waals surface area contributed by atoms with Crippen molar-refractivity contribution in [1.29, 1.82) is 0 Å². The van der Waals surface area contributed by atoms with Gasteiger partial charge in [-0.05, 0) is 64.7 Å². The van der Waals surface area contributed by atoms with Crippen LogP contribution in [0.2, 0.25) is 0 Å². The summed E-state index contributed by atoms with van der Waals surface area (Å²) in [7, 11) is 0. The van der Waals surface area contributed by atoms with Crippen LogP contribution in [0.15, 0.2) is 118 Å². The maximum absolute atomic E-state index is 13.0. The average Bonchev–Trinajstić information content (AvgIpc) is 2.89. The fourth-order valence-corrected chi connectivity index (χ4v) is 6.39. The number of hydrogen-bond donors (Lipinski definition) is 3. The largest absolute Gasteiger partial charge is 0.393 e. The van der Waals surface area contributed by atoms with Crippen molar-refractivity contribution < 1.29 is 20.1 Å². The molecule has 0 heterocycles. The maximum Gasteiger partial charge on any atom is 0.165 e. The van der Waals surface area contributed by atoms with E-state index in [1.165, 1.54) is 11.1 Å². The van der Waals surface area contributed by atoms with Gasteiger partial charge < -0.3 is 15.3 Å². The van der Waals surface area contributed by atoms with Crippen molar-refractivity contribution in [2.24, 2.45) is 16.7 Å². The van der Waals surface area contributed by atoms with Gasteiger partial charge in [0, 0.05) is 17.9 Å². The second kappa shape index (κ2) is 16.9. The second-order valence-corrected chi connectivity index (χ2v) is 14.0. The summed E-state index contributed by atoms with van der Waals surface area (Å²) in [4.78, 5) is 13.0. The summed E-state index contributed by atoms with van der Waals surface area (Å²) in [6.45, 7) is 18.5. The molecule has 0 radical (unpaired) electrons. The number of allylic oxidation sites excluding steroid dienone is 17. The molecule has 0 saturated heterocycles. The molecule has 3 atom stereocenters. The molecule has 0 aromatic rings. The van der Waals surface area contributed by atoms with Crippen molar-refractivity contribution in [1.82, 2.24) is 0 Å². The van der Waals surface area contributed by atoms with E-state index in [-0.39, 0.29) is 41.8 Å². The van der Waals surface area contributed by atoms with E-state index in [0.29, 0.717) is 24.3 Å². The fraction of sp³-hybridized carbons (Fsp3) is 0.475. The van der Waals surface area contributed by atoms with Crippen molar-refractivity contribution in [3.05, 3.63) is 118 Å². The van der Waals surface area contributed by atoms with Crippen molar-refractivity contribution in [3.63, 3.8) is 0 Å². The lowest BCUT2D eigenvalue weighted by molar-refractivity contribution is -0.115. The Bertz CT molecular complexity index is 1330. The molecule has 0 aromatic carbocycles. The highest BCUT2D eigenvalue weighted by Crippen LogP contribution is 2.43. The zero-order chi connectivity index (χ0) is 33.1. The third-order valence-corrected chi connectivity index (χ3v) is 8.76. The van der Waals surface area contributed by atoms with E-state index in [4.69, 9.17) is 0 Å². The zero-order valence-electron chi connectivity index (χ0n) is 28.5. The molecule has 44 heavy (non-hydrogen) atoms. The maximum atomic E-state index is 13.0. The number of hydrogen-bond acceptors (Lipinski definition) is 4. The molecule has 2 rings (SSSR count). The van der Waals surface area contributed by atoms with Crippen LogP contribution in [-0.4, -0.2) is 39.9 Å². The highest BCUT2D eigenvalue weighted by molar-refractivity contribution is 5.97. The number of rotatable bonds is 12. The first-order valence-electron chi connectivity index (χ1n) is 15.9. The van der Waals surface area contributed by atoms with Gasteiger partial charge in [0.05, 0.1) is 18.8 Å². The van der Waals surface area contributed by atoms with Gasteiger partial charge in [0.15, 0.2) is 5.78 Å². The van der Waals surface area contributed by atoms with E-state index >= 15 is 0 Å². The third-order valence-electron chi connectivity index (χ3n) is 8.76. The minimum absolute atomic E-state index is 0.0349. The first kappa shape index (κ1) is 37.1. The summed E-state index contributed by atoms with van der Waals surface area (Å²) in [5.41, 5.74) is 6.91. The third kappa shape index (κ3) is 11.8. The van der Waals surface area contributed by atoms with Crippen molar-refractivity contribution in [2.75, 3.05) is 6.61 Å². The van der Waals surface area contributed by atoms with Crippen LogP contribution in [0.5, 0.6) is 0 Å². The predicted octanol–water partition coefficient (Wildman–Crippen LogP) is 8.78. The van der Waals surface area contributed by atoms with Crippen LogP contribution >= 0.6 is 0 Å². The van der Waals surface area contributed by atoms with Gasteiger partial charge in [-0.3, -0.25) is 4.79 Å². The SMILES string of the molecule is CC(C=C[C@H]1C(C)=C[C@H](O)CC1(C)C)=CC=CC(C)=C/C=C/C=C(C)/C=C/C=C(CO)C(=O)CC1=C(C)C[C@@H](O)CC1(C)C. The lowest BCUT2D eigenvalue weighted by Gasteiger charge is -2.38. The molecule has 0 unspecified atom stereocenters. The Balaban J connectivity index is 1.94. The van der Waals surface area contributed by atoms with Crippen LogP contribution in [0.1, 0.15) is 88.0 Å². The smallest absolute Gasteiger partial charge is 0.165 e. The molecule has 0 bridgehead atoms. The molecule has 0 saturated carbocycles. The fourth-order valence-electron chi connectivity index (χ4n) is 6.39. The average molecular weight is 601 g/mol. The summed E-state index contributed by atoms with van der Waals surface area (Å²) in [5.74, 6) is 0.248. The first-order chi connectivity index (χ1) is 20.6. The zero-order valence-corrected chi connectivity index (χ0v) is 28.5. The standard InChI is InChI=1S/C40H56O4/c1-28(16-12-17-30(3)20-21-36-31(4)22-34(42)25-39(36,6)7)14-10-11-15-29(2)18-13-19-33(27-41)38(44)24-37-32(5)23-35(43)26-40(37,8)9/h10-22,34-36,41-43H,23-27H2,1-9H3/b11-10+,16-12?,18-13+,21-20?,28-14?,29-15+,30-17?,33-19?/t34-,35+,36-/m0/s1. The molecular weight excluding hydrogens is 544 g/mol. The van der Waals surface area contributed by atoms with Gasteiger partial charge in [-0.2, -0.15) is 0 Å². The lowest BCUT2D eigenvalue weighted by atomic mass is 9.67. The Labute approximate surface area is 267 Å². The van der Waals surface area contributed by atoms with Crippen LogP contribution in [-0.2, 0) is 4.79 Å². The number of ketones is 1. The number of aliphatic hydroxyl groups is 3. The highest BCUT2D eigenvalue weighted by atomic mass is 16.3. The predicted molar refractivity (Wildman–Crippen MR) is 186 cm³/mol. The lowest BCUT2D eigenvalue weighted by Crippen LogP contribution is -2.32. The summed E-state index contributed by atoms with van der Waals surface area (Å²) in [5, 5.41) is 30.0. The van der Waals surface area contributed by atoms with Crippen LogP contribution in [0.3, 0.4) is 0 Å². The number of carbonyl (C=O) groups is 1. The summed E-state index contributed by atoms with van der Waals surface area (Å²) in [6, 6.07) is 0. The molecule has 0 aliphatic heterocycles. The second-order valence-electron chi connectivity index (χ2n) is 14.0. The van der Waals surface area contributed by atoms with E-state index in [2.05, 4.69) is 84.9 Å². The normalized spacial score (nSPS) is 25.6. The molecule has 0 fully saturated rings. The molecule has 0 amide bonds. The Hall–Kier alpha value is -3.05. The van der Waals surface area contributed by atoms with Gasteiger partial charge in [0.2, 0.25) is 0 Å². The Morgan fingerprint density at radius 1 is 0.841 bits per heavy atom. The molecule has 0 aromatic heterocycles. The van der Waals surface area contributed by atoms with E-state index in [0.717, 1.165) is 28.7 Å². The number of Topliss-reactive ketones (excluding diaryl/α,β-unsaturated/α-hetero) is 1. The van der Waals surface area contributed by atoms with E-state index in [9.17, 15) is 20.1 Å². The quantitative estimate of drug-likeness (QED) is 0.119. The Morgan fingerprint density at radius 3 is 1.93 bits per heavy atom. The highest BCUT2D eigenvalue weighted by Gasteiger charge is 2.35. The van der Waals surface area contributed by atoms with Crippen LogP contribution in [0, 0.1) is 16.7 Å². The summed E-state index contributed by atoms with van der Waals surface area (Å²) in [6.07, 6.45) is 27.7. The molecule has 2 aliphatic carbocycles. The van der Waals surface area contributed by atoms with Gasteiger partial charge in [-0.1, -0.05) is 140 Å². The molecule has 4 heteroatoms. The molecule has 2 aliphatic rings. The van der Waals surface area contributed by atoms with Crippen molar-refractivity contribution >= 4 is 5.78 Å². The molecule has 0 spiro atoms. The molecule has 4 nitrogen and oxygen atoms in total. The van der Waals surface area contributed by atoms with Crippen LogP contribution in [0.25, 0.3) is 0 Å². The monoisotopic (exact) mass is 600 g/mol. The molecular formula is C40H56O4. The van der Waals surface area contributed by atoms with Crippen molar-refractivity contribution in [3.8, 4) is 0 Å². The Morgan fingerprint density at radius 2 is 1.39 bits per heavy atom. The van der Waals surface area contributed by atoms with Crippen LogP contribution in [0.4, 0.5) is 0 Å². The van der Waals surface area contributed by atoms with Gasteiger partial charge in [0.25, 0.3) is 0 Å². The van der Waals surface area contributed by atoms with E-state index in [1.54, 1.807) is 6.08 Å².